The first-order chi connectivity index (χ1) is 7.04. The molecule has 2 N–H and O–H groups in total. The minimum absolute atomic E-state index is 0.156. The molecule has 0 saturated carbocycles. The molecule has 3 nitrogen and oxygen atoms in total. The molecule has 5 heteroatoms. The van der Waals surface area contributed by atoms with Crippen molar-refractivity contribution in [1.82, 2.24) is 0 Å². The van der Waals surface area contributed by atoms with Crippen LogP contribution in [-0.4, -0.2) is 23.4 Å². The monoisotopic (exact) mass is 289 g/mol. The van der Waals surface area contributed by atoms with Gasteiger partial charge in [-0.1, -0.05) is 0 Å². The molecule has 1 aromatic rings. The van der Waals surface area contributed by atoms with E-state index in [4.69, 9.17) is 5.14 Å². The summed E-state index contributed by atoms with van der Waals surface area (Å²) < 4.78 is 23.1. The van der Waals surface area contributed by atoms with Gasteiger partial charge in [0.15, 0.2) is 0 Å². The first-order valence-corrected chi connectivity index (χ1v) is 7.81. The second kappa shape index (κ2) is 5.34. The molecule has 0 heterocycles. The van der Waals surface area contributed by atoms with Crippen LogP contribution in [0.3, 0.4) is 0 Å². The number of benzene rings is 1. The van der Waals surface area contributed by atoms with Crippen molar-refractivity contribution < 1.29 is 8.42 Å². The maximum atomic E-state index is 11.0. The third-order valence-electron chi connectivity index (χ3n) is 1.64. The van der Waals surface area contributed by atoms with Crippen molar-refractivity contribution in [3.05, 3.63) is 24.3 Å². The molecule has 0 fully saturated rings. The van der Waals surface area contributed by atoms with Crippen LogP contribution in [0.1, 0.15) is 6.92 Å². The van der Waals surface area contributed by atoms with Crippen LogP contribution >= 0.6 is 0 Å². The molecule has 80 valence electrons. The molecule has 0 amide bonds. The number of primary sulfonamides is 1. The SMILES string of the molecule is CC#CC[Se]c1ccc(S(N)(=O)=O)cc1. The Bertz CT molecular complexity index is 482. The topological polar surface area (TPSA) is 60.2 Å². The Hall–Kier alpha value is -0.791. The summed E-state index contributed by atoms with van der Waals surface area (Å²) in [4.78, 5) is 0.156. The molecule has 0 atom stereocenters. The number of hydrogen-bond donors (Lipinski definition) is 1. The molecule has 15 heavy (non-hydrogen) atoms. The van der Waals surface area contributed by atoms with E-state index in [-0.39, 0.29) is 19.9 Å². The molecular formula is C10H11NO2SSe. The predicted molar refractivity (Wildman–Crippen MR) is 61.5 cm³/mol. The van der Waals surface area contributed by atoms with Crippen molar-refractivity contribution in [1.29, 1.82) is 0 Å². The third-order valence-corrected chi connectivity index (χ3v) is 4.45. The summed E-state index contributed by atoms with van der Waals surface area (Å²) in [6.45, 7) is 1.81. The summed E-state index contributed by atoms with van der Waals surface area (Å²) in [6, 6.07) is 6.64. The fraction of sp³-hybridized carbons (Fsp3) is 0.200. The Morgan fingerprint density at radius 1 is 1.33 bits per heavy atom. The molecule has 1 aromatic carbocycles. The zero-order valence-corrected chi connectivity index (χ0v) is 10.8. The average Bonchev–Trinajstić information content (AvgIpc) is 2.18. The summed E-state index contributed by atoms with van der Waals surface area (Å²) >= 11 is 0.278. The van der Waals surface area contributed by atoms with Crippen molar-refractivity contribution in [2.45, 2.75) is 17.1 Å². The first-order valence-electron chi connectivity index (χ1n) is 4.19. The van der Waals surface area contributed by atoms with Gasteiger partial charge in [0.25, 0.3) is 0 Å². The average molecular weight is 288 g/mol. The molecule has 1 rings (SSSR count). The number of nitrogens with two attached hydrogens (primary N) is 1. The van der Waals surface area contributed by atoms with Crippen LogP contribution in [0.25, 0.3) is 0 Å². The zero-order chi connectivity index (χ0) is 11.3. The Kier molecular flexibility index (Phi) is 4.37. The van der Waals surface area contributed by atoms with Crippen LogP contribution in [0, 0.1) is 11.8 Å². The van der Waals surface area contributed by atoms with Gasteiger partial charge >= 0.3 is 96.2 Å². The molecule has 0 aromatic heterocycles. The van der Waals surface area contributed by atoms with Crippen LogP contribution < -0.4 is 9.60 Å². The van der Waals surface area contributed by atoms with E-state index in [0.29, 0.717) is 0 Å². The van der Waals surface area contributed by atoms with E-state index in [1.54, 1.807) is 19.1 Å². The Morgan fingerprint density at radius 3 is 2.40 bits per heavy atom. The van der Waals surface area contributed by atoms with E-state index < -0.39 is 10.0 Å². The molecular weight excluding hydrogens is 277 g/mol. The minimum atomic E-state index is -3.57. The molecule has 0 aliphatic rings. The third kappa shape index (κ3) is 4.06. The van der Waals surface area contributed by atoms with Gasteiger partial charge < -0.3 is 0 Å². The van der Waals surface area contributed by atoms with Gasteiger partial charge in [-0.05, 0) is 0 Å². The summed E-state index contributed by atoms with van der Waals surface area (Å²) in [7, 11) is -3.57. The molecule has 0 spiro atoms. The van der Waals surface area contributed by atoms with E-state index >= 15 is 0 Å². The van der Waals surface area contributed by atoms with E-state index in [0.717, 1.165) is 9.78 Å². The molecule has 0 unspecified atom stereocenters. The van der Waals surface area contributed by atoms with Gasteiger partial charge in [-0.15, -0.1) is 0 Å². The van der Waals surface area contributed by atoms with Gasteiger partial charge in [0.05, 0.1) is 0 Å². The summed E-state index contributed by atoms with van der Waals surface area (Å²) in [5.41, 5.74) is 0. The zero-order valence-electron chi connectivity index (χ0n) is 8.23. The molecule has 0 aliphatic carbocycles. The van der Waals surface area contributed by atoms with Crippen molar-refractivity contribution in [2.24, 2.45) is 5.14 Å². The summed E-state index contributed by atoms with van der Waals surface area (Å²) in [6.07, 6.45) is 0. The van der Waals surface area contributed by atoms with Crippen molar-refractivity contribution in [3.8, 4) is 11.8 Å². The van der Waals surface area contributed by atoms with E-state index in [2.05, 4.69) is 11.8 Å². The second-order valence-electron chi connectivity index (χ2n) is 2.73. The van der Waals surface area contributed by atoms with E-state index in [1.807, 2.05) is 0 Å². The first kappa shape index (κ1) is 12.3. The van der Waals surface area contributed by atoms with Crippen molar-refractivity contribution in [3.63, 3.8) is 0 Å². The molecule has 0 aliphatic heterocycles. The van der Waals surface area contributed by atoms with Crippen LogP contribution in [0.2, 0.25) is 5.32 Å². The van der Waals surface area contributed by atoms with Gasteiger partial charge in [-0.25, -0.2) is 0 Å². The van der Waals surface area contributed by atoms with Gasteiger partial charge in [-0.3, -0.25) is 0 Å². The predicted octanol–water partition coefficient (Wildman–Crippen LogP) is 0.105. The van der Waals surface area contributed by atoms with Crippen LogP contribution in [0.5, 0.6) is 0 Å². The Morgan fingerprint density at radius 2 is 1.93 bits per heavy atom. The molecule has 0 saturated heterocycles. The normalized spacial score (nSPS) is 10.5. The van der Waals surface area contributed by atoms with E-state index in [1.165, 1.54) is 12.1 Å². The van der Waals surface area contributed by atoms with Crippen LogP contribution in [-0.2, 0) is 10.0 Å². The number of hydrogen-bond acceptors (Lipinski definition) is 2. The van der Waals surface area contributed by atoms with Crippen LogP contribution in [0.15, 0.2) is 29.2 Å². The Labute approximate surface area is 96.3 Å². The van der Waals surface area contributed by atoms with Crippen molar-refractivity contribution >= 4 is 29.4 Å². The van der Waals surface area contributed by atoms with Gasteiger partial charge in [0.2, 0.25) is 0 Å². The molecule has 0 radical (unpaired) electrons. The van der Waals surface area contributed by atoms with Crippen LogP contribution in [0.4, 0.5) is 0 Å². The molecule has 0 bridgehead atoms. The fourth-order valence-corrected chi connectivity index (χ4v) is 2.93. The summed E-state index contributed by atoms with van der Waals surface area (Å²) in [5, 5.41) is 5.83. The number of rotatable bonds is 3. The maximum absolute atomic E-state index is 11.0. The van der Waals surface area contributed by atoms with E-state index in [9.17, 15) is 8.42 Å². The van der Waals surface area contributed by atoms with Crippen molar-refractivity contribution in [2.75, 3.05) is 0 Å². The fourth-order valence-electron chi connectivity index (χ4n) is 0.917. The van der Waals surface area contributed by atoms with Gasteiger partial charge in [0.1, 0.15) is 0 Å². The number of sulfonamides is 1. The second-order valence-corrected chi connectivity index (χ2v) is 6.49. The standard InChI is InChI=1S/C10H11NO2SSe/c1-2-3-8-15-10-6-4-9(5-7-10)14(11,12)13/h4-7H,8H2,1H3,(H2,11,12,13). The Balaban J connectivity index is 2.76. The van der Waals surface area contributed by atoms with Gasteiger partial charge in [-0.2, -0.15) is 0 Å². The summed E-state index contributed by atoms with van der Waals surface area (Å²) in [5.74, 6) is 5.80. The van der Waals surface area contributed by atoms with Gasteiger partial charge in [0, 0.05) is 0 Å². The quantitative estimate of drug-likeness (QED) is 0.634.